The Kier molecular flexibility index (Phi) is 4.27. The number of likely N-dealkylation sites (tertiary alicyclic amines) is 1. The first-order chi connectivity index (χ1) is 9.54. The third-order valence-electron chi connectivity index (χ3n) is 3.86. The molecule has 0 aliphatic carbocycles. The quantitative estimate of drug-likeness (QED) is 0.383. The van der Waals surface area contributed by atoms with Gasteiger partial charge in [-0.05, 0) is 30.9 Å². The Morgan fingerprint density at radius 2 is 1.95 bits per heavy atom. The van der Waals surface area contributed by atoms with E-state index in [9.17, 15) is 4.79 Å². The molecule has 1 aliphatic heterocycles. The summed E-state index contributed by atoms with van der Waals surface area (Å²) in [5, 5.41) is 11.6. The van der Waals surface area contributed by atoms with Crippen LogP contribution in [0.3, 0.4) is 0 Å². The fourth-order valence-corrected chi connectivity index (χ4v) is 2.74. The highest BCUT2D eigenvalue weighted by Gasteiger charge is 2.31. The van der Waals surface area contributed by atoms with Crippen molar-refractivity contribution in [3.05, 3.63) is 35.4 Å². The number of amides is 1. The monoisotopic (exact) mass is 275 g/mol. The fourth-order valence-electron chi connectivity index (χ4n) is 2.74. The molecule has 0 bridgehead atoms. The molecular formula is C15H21N3O2. The van der Waals surface area contributed by atoms with Crippen LogP contribution in [0.25, 0.3) is 0 Å². The van der Waals surface area contributed by atoms with E-state index in [0.717, 1.165) is 19.4 Å². The van der Waals surface area contributed by atoms with E-state index in [-0.39, 0.29) is 11.7 Å². The minimum Gasteiger partial charge on any atom is -0.409 e. The van der Waals surface area contributed by atoms with Crippen molar-refractivity contribution in [2.75, 3.05) is 6.54 Å². The molecule has 1 amide bonds. The van der Waals surface area contributed by atoms with Crippen molar-refractivity contribution in [2.24, 2.45) is 16.8 Å². The van der Waals surface area contributed by atoms with E-state index < -0.39 is 0 Å². The summed E-state index contributed by atoms with van der Waals surface area (Å²) in [4.78, 5) is 14.5. The van der Waals surface area contributed by atoms with Crippen LogP contribution < -0.4 is 5.73 Å². The predicted molar refractivity (Wildman–Crippen MR) is 77.8 cm³/mol. The summed E-state index contributed by atoms with van der Waals surface area (Å²) in [5.74, 6) is 0.579. The van der Waals surface area contributed by atoms with Gasteiger partial charge in [-0.25, -0.2) is 0 Å². The lowest BCUT2D eigenvalue weighted by Crippen LogP contribution is -2.38. The normalized spacial score (nSPS) is 19.6. The number of oxime groups is 1. The number of carbonyl (C=O) groups excluding carboxylic acids is 1. The van der Waals surface area contributed by atoms with E-state index in [1.165, 1.54) is 0 Å². The molecule has 1 aromatic carbocycles. The standard InChI is InChI=1S/C15H21N3O2/c1-10(2)13-4-3-9-18(13)15(19)12-7-5-11(6-8-12)14(16)17-20/h5-8,10,13,20H,3-4,9H2,1-2H3,(H2,16,17). The van der Waals surface area contributed by atoms with Crippen LogP contribution in [0.1, 0.15) is 42.6 Å². The predicted octanol–water partition coefficient (Wildman–Crippen LogP) is 2.04. The summed E-state index contributed by atoms with van der Waals surface area (Å²) < 4.78 is 0. The lowest BCUT2D eigenvalue weighted by molar-refractivity contribution is 0.0701. The van der Waals surface area contributed by atoms with Crippen LogP contribution in [0, 0.1) is 5.92 Å². The Morgan fingerprint density at radius 3 is 2.50 bits per heavy atom. The van der Waals surface area contributed by atoms with Gasteiger partial charge >= 0.3 is 0 Å². The van der Waals surface area contributed by atoms with Gasteiger partial charge in [-0.15, -0.1) is 0 Å². The molecule has 5 nitrogen and oxygen atoms in total. The Hall–Kier alpha value is -2.04. The zero-order valence-electron chi connectivity index (χ0n) is 11.9. The first-order valence-electron chi connectivity index (χ1n) is 6.93. The average molecular weight is 275 g/mol. The van der Waals surface area contributed by atoms with E-state index in [2.05, 4.69) is 19.0 Å². The van der Waals surface area contributed by atoms with Crippen LogP contribution in [0.2, 0.25) is 0 Å². The molecule has 5 heteroatoms. The number of rotatable bonds is 3. The number of carbonyl (C=O) groups is 1. The van der Waals surface area contributed by atoms with Crippen molar-refractivity contribution in [3.63, 3.8) is 0 Å². The van der Waals surface area contributed by atoms with Crippen molar-refractivity contribution in [1.82, 2.24) is 4.90 Å². The van der Waals surface area contributed by atoms with Crippen molar-refractivity contribution >= 4 is 11.7 Å². The van der Waals surface area contributed by atoms with Crippen LogP contribution in [0.4, 0.5) is 0 Å². The van der Waals surface area contributed by atoms with Gasteiger partial charge in [-0.2, -0.15) is 0 Å². The Balaban J connectivity index is 2.17. The zero-order chi connectivity index (χ0) is 14.7. The molecule has 108 valence electrons. The van der Waals surface area contributed by atoms with E-state index in [4.69, 9.17) is 10.9 Å². The molecule has 1 aliphatic rings. The molecule has 1 heterocycles. The van der Waals surface area contributed by atoms with Crippen molar-refractivity contribution in [3.8, 4) is 0 Å². The highest BCUT2D eigenvalue weighted by Crippen LogP contribution is 2.25. The van der Waals surface area contributed by atoms with Gasteiger partial charge in [0.25, 0.3) is 5.91 Å². The molecule has 1 atom stereocenters. The van der Waals surface area contributed by atoms with Crippen LogP contribution in [0.15, 0.2) is 29.4 Å². The zero-order valence-corrected chi connectivity index (χ0v) is 11.9. The van der Waals surface area contributed by atoms with Gasteiger partial charge in [0.15, 0.2) is 5.84 Å². The summed E-state index contributed by atoms with van der Waals surface area (Å²) in [5.41, 5.74) is 6.76. The van der Waals surface area contributed by atoms with Crippen molar-refractivity contribution < 1.29 is 10.0 Å². The minimum atomic E-state index is 0.0465. The first kappa shape index (κ1) is 14.4. The van der Waals surface area contributed by atoms with Gasteiger partial charge in [-0.3, -0.25) is 4.79 Å². The van der Waals surface area contributed by atoms with Crippen molar-refractivity contribution in [2.45, 2.75) is 32.7 Å². The summed E-state index contributed by atoms with van der Waals surface area (Å²) in [6.07, 6.45) is 2.14. The van der Waals surface area contributed by atoms with Gasteiger partial charge < -0.3 is 15.8 Å². The number of amidine groups is 1. The van der Waals surface area contributed by atoms with Gasteiger partial charge in [0, 0.05) is 23.7 Å². The van der Waals surface area contributed by atoms with Crippen LogP contribution in [-0.4, -0.2) is 34.4 Å². The summed E-state index contributed by atoms with van der Waals surface area (Å²) in [7, 11) is 0. The fraction of sp³-hybridized carbons (Fsp3) is 0.467. The van der Waals surface area contributed by atoms with Crippen LogP contribution in [0.5, 0.6) is 0 Å². The minimum absolute atomic E-state index is 0.0465. The molecule has 0 saturated carbocycles. The lowest BCUT2D eigenvalue weighted by Gasteiger charge is -2.27. The molecule has 2 rings (SSSR count). The molecule has 1 aromatic rings. The maximum Gasteiger partial charge on any atom is 0.254 e. The largest absolute Gasteiger partial charge is 0.409 e. The molecule has 0 spiro atoms. The highest BCUT2D eigenvalue weighted by atomic mass is 16.4. The number of hydrogen-bond acceptors (Lipinski definition) is 3. The van der Waals surface area contributed by atoms with Crippen LogP contribution >= 0.6 is 0 Å². The number of hydrogen-bond donors (Lipinski definition) is 2. The second kappa shape index (κ2) is 5.94. The third-order valence-corrected chi connectivity index (χ3v) is 3.86. The number of benzene rings is 1. The van der Waals surface area contributed by atoms with Gasteiger partial charge in [-0.1, -0.05) is 31.1 Å². The van der Waals surface area contributed by atoms with Crippen molar-refractivity contribution in [1.29, 1.82) is 0 Å². The van der Waals surface area contributed by atoms with Gasteiger partial charge in [0.1, 0.15) is 0 Å². The maximum absolute atomic E-state index is 12.5. The lowest BCUT2D eigenvalue weighted by atomic mass is 10.0. The number of nitrogens with two attached hydrogens (primary N) is 1. The Labute approximate surface area is 119 Å². The topological polar surface area (TPSA) is 78.9 Å². The van der Waals surface area contributed by atoms with Gasteiger partial charge in [0.2, 0.25) is 0 Å². The second-order valence-electron chi connectivity index (χ2n) is 5.51. The molecule has 0 radical (unpaired) electrons. The third kappa shape index (κ3) is 2.76. The molecule has 1 fully saturated rings. The molecule has 3 N–H and O–H groups in total. The first-order valence-corrected chi connectivity index (χ1v) is 6.93. The highest BCUT2D eigenvalue weighted by molar-refractivity contribution is 5.99. The molecule has 0 aromatic heterocycles. The van der Waals surface area contributed by atoms with Gasteiger partial charge in [0.05, 0.1) is 0 Å². The van der Waals surface area contributed by atoms with Crippen LogP contribution in [-0.2, 0) is 0 Å². The number of nitrogens with zero attached hydrogens (tertiary/aromatic N) is 2. The van der Waals surface area contributed by atoms with E-state index >= 15 is 0 Å². The summed E-state index contributed by atoms with van der Waals surface area (Å²) in [6.45, 7) is 5.12. The summed E-state index contributed by atoms with van der Waals surface area (Å²) in [6, 6.07) is 7.17. The SMILES string of the molecule is CC(C)C1CCCN1C(=O)c1ccc(C(N)=NO)cc1. The van der Waals surface area contributed by atoms with E-state index in [1.807, 2.05) is 4.90 Å². The Morgan fingerprint density at radius 1 is 1.35 bits per heavy atom. The van der Waals surface area contributed by atoms with E-state index in [0.29, 0.717) is 23.1 Å². The average Bonchev–Trinajstić information content (AvgIpc) is 2.95. The maximum atomic E-state index is 12.5. The summed E-state index contributed by atoms with van der Waals surface area (Å²) >= 11 is 0. The molecule has 1 unspecified atom stereocenters. The van der Waals surface area contributed by atoms with E-state index in [1.54, 1.807) is 24.3 Å². The molecular weight excluding hydrogens is 254 g/mol. The molecule has 1 saturated heterocycles. The second-order valence-corrected chi connectivity index (χ2v) is 5.51. The smallest absolute Gasteiger partial charge is 0.254 e. The Bertz CT molecular complexity index is 508. The molecule has 20 heavy (non-hydrogen) atoms.